The molecule has 0 aliphatic carbocycles. The zero-order valence-corrected chi connectivity index (χ0v) is 8.96. The smallest absolute Gasteiger partial charge is 0.161 e. The van der Waals surface area contributed by atoms with E-state index in [1.165, 1.54) is 5.56 Å². The highest BCUT2D eigenvalue weighted by molar-refractivity contribution is 5.42. The quantitative estimate of drug-likeness (QED) is 0.777. The highest BCUT2D eigenvalue weighted by atomic mass is 16.5. The fraction of sp³-hybridized carbons (Fsp3) is 0.455. The SMILES string of the molecule is CCOc1cc(CNC)ccc1OC. The van der Waals surface area contributed by atoms with Gasteiger partial charge in [-0.2, -0.15) is 0 Å². The molecule has 0 bridgehead atoms. The Morgan fingerprint density at radius 3 is 2.64 bits per heavy atom. The van der Waals surface area contributed by atoms with Gasteiger partial charge in [0, 0.05) is 6.54 Å². The molecular weight excluding hydrogens is 178 g/mol. The molecular formula is C11H17NO2. The summed E-state index contributed by atoms with van der Waals surface area (Å²) >= 11 is 0. The summed E-state index contributed by atoms with van der Waals surface area (Å²) in [5, 5.41) is 3.09. The van der Waals surface area contributed by atoms with Crippen molar-refractivity contribution in [2.75, 3.05) is 20.8 Å². The van der Waals surface area contributed by atoms with Crippen molar-refractivity contribution >= 4 is 0 Å². The van der Waals surface area contributed by atoms with Crippen molar-refractivity contribution in [3.05, 3.63) is 23.8 Å². The first kappa shape index (κ1) is 10.9. The van der Waals surface area contributed by atoms with Crippen molar-refractivity contribution in [2.45, 2.75) is 13.5 Å². The summed E-state index contributed by atoms with van der Waals surface area (Å²) in [5.74, 6) is 1.59. The maximum atomic E-state index is 5.46. The summed E-state index contributed by atoms with van der Waals surface area (Å²) in [5.41, 5.74) is 1.19. The third kappa shape index (κ3) is 2.64. The van der Waals surface area contributed by atoms with Crippen molar-refractivity contribution in [3.8, 4) is 11.5 Å². The van der Waals surface area contributed by atoms with E-state index in [9.17, 15) is 0 Å². The van der Waals surface area contributed by atoms with Gasteiger partial charge >= 0.3 is 0 Å². The Kier molecular flexibility index (Phi) is 4.26. The van der Waals surface area contributed by atoms with Crippen LogP contribution in [0.15, 0.2) is 18.2 Å². The summed E-state index contributed by atoms with van der Waals surface area (Å²) in [6.45, 7) is 3.45. The van der Waals surface area contributed by atoms with Gasteiger partial charge in [0.25, 0.3) is 0 Å². The zero-order valence-electron chi connectivity index (χ0n) is 8.96. The van der Waals surface area contributed by atoms with Gasteiger partial charge in [-0.1, -0.05) is 6.07 Å². The molecule has 1 N–H and O–H groups in total. The van der Waals surface area contributed by atoms with Gasteiger partial charge in [-0.25, -0.2) is 0 Å². The minimum absolute atomic E-state index is 0.652. The Morgan fingerprint density at radius 1 is 1.29 bits per heavy atom. The van der Waals surface area contributed by atoms with E-state index in [-0.39, 0.29) is 0 Å². The molecule has 0 fully saturated rings. The normalized spacial score (nSPS) is 9.93. The van der Waals surface area contributed by atoms with E-state index in [2.05, 4.69) is 5.32 Å². The zero-order chi connectivity index (χ0) is 10.4. The monoisotopic (exact) mass is 195 g/mol. The molecule has 0 spiro atoms. The maximum Gasteiger partial charge on any atom is 0.161 e. The standard InChI is InChI=1S/C11H17NO2/c1-4-14-11-7-9(8-12-2)5-6-10(11)13-3/h5-7,12H,4,8H2,1-3H3. The van der Waals surface area contributed by atoms with Crippen molar-refractivity contribution in [2.24, 2.45) is 0 Å². The molecule has 0 aliphatic rings. The molecule has 0 aromatic heterocycles. The number of methoxy groups -OCH3 is 1. The van der Waals surface area contributed by atoms with Crippen LogP contribution in [0.1, 0.15) is 12.5 Å². The van der Waals surface area contributed by atoms with Gasteiger partial charge in [0.05, 0.1) is 13.7 Å². The molecule has 1 rings (SSSR count). The highest BCUT2D eigenvalue weighted by Crippen LogP contribution is 2.27. The topological polar surface area (TPSA) is 30.5 Å². The second-order valence-corrected chi connectivity index (χ2v) is 2.95. The average Bonchev–Trinajstić information content (AvgIpc) is 2.19. The predicted octanol–water partition coefficient (Wildman–Crippen LogP) is 1.81. The highest BCUT2D eigenvalue weighted by Gasteiger charge is 2.04. The average molecular weight is 195 g/mol. The van der Waals surface area contributed by atoms with Crippen LogP contribution in [-0.4, -0.2) is 20.8 Å². The lowest BCUT2D eigenvalue weighted by Gasteiger charge is -2.10. The van der Waals surface area contributed by atoms with Gasteiger partial charge < -0.3 is 14.8 Å². The van der Waals surface area contributed by atoms with Gasteiger partial charge in [0.2, 0.25) is 0 Å². The van der Waals surface area contributed by atoms with Gasteiger partial charge in [-0.05, 0) is 31.7 Å². The Hall–Kier alpha value is -1.22. The molecule has 14 heavy (non-hydrogen) atoms. The van der Waals surface area contributed by atoms with Crippen LogP contribution in [0.25, 0.3) is 0 Å². The van der Waals surface area contributed by atoms with Crippen LogP contribution in [0, 0.1) is 0 Å². The van der Waals surface area contributed by atoms with E-state index in [0.717, 1.165) is 18.0 Å². The van der Waals surface area contributed by atoms with Gasteiger partial charge in [-0.3, -0.25) is 0 Å². The van der Waals surface area contributed by atoms with Crippen LogP contribution >= 0.6 is 0 Å². The van der Waals surface area contributed by atoms with Gasteiger partial charge in [0.15, 0.2) is 11.5 Å². The maximum absolute atomic E-state index is 5.46. The first-order valence-corrected chi connectivity index (χ1v) is 4.76. The number of hydrogen-bond acceptors (Lipinski definition) is 3. The number of benzene rings is 1. The van der Waals surface area contributed by atoms with Crippen molar-refractivity contribution < 1.29 is 9.47 Å². The number of ether oxygens (including phenoxy) is 2. The second kappa shape index (κ2) is 5.50. The molecule has 3 nitrogen and oxygen atoms in total. The summed E-state index contributed by atoms with van der Waals surface area (Å²) in [4.78, 5) is 0. The van der Waals surface area contributed by atoms with Crippen LogP contribution in [0.5, 0.6) is 11.5 Å². The van der Waals surface area contributed by atoms with Crippen LogP contribution in [0.4, 0.5) is 0 Å². The number of hydrogen-bond donors (Lipinski definition) is 1. The minimum Gasteiger partial charge on any atom is -0.493 e. The van der Waals surface area contributed by atoms with E-state index < -0.39 is 0 Å². The van der Waals surface area contributed by atoms with E-state index in [1.807, 2.05) is 32.2 Å². The number of rotatable bonds is 5. The lowest BCUT2D eigenvalue weighted by atomic mass is 10.2. The molecule has 0 unspecified atom stereocenters. The van der Waals surface area contributed by atoms with E-state index in [1.54, 1.807) is 7.11 Å². The molecule has 78 valence electrons. The molecule has 3 heteroatoms. The predicted molar refractivity (Wildman–Crippen MR) is 56.9 cm³/mol. The van der Waals surface area contributed by atoms with Gasteiger partial charge in [-0.15, -0.1) is 0 Å². The lowest BCUT2D eigenvalue weighted by Crippen LogP contribution is -2.05. The molecule has 0 atom stereocenters. The van der Waals surface area contributed by atoms with E-state index in [0.29, 0.717) is 6.61 Å². The first-order valence-electron chi connectivity index (χ1n) is 4.76. The summed E-state index contributed by atoms with van der Waals surface area (Å²) in [7, 11) is 3.57. The minimum atomic E-state index is 0.652. The van der Waals surface area contributed by atoms with Crippen LogP contribution in [0.3, 0.4) is 0 Å². The summed E-state index contributed by atoms with van der Waals surface area (Å²) in [6, 6.07) is 5.95. The van der Waals surface area contributed by atoms with Crippen LogP contribution in [0.2, 0.25) is 0 Å². The second-order valence-electron chi connectivity index (χ2n) is 2.95. The fourth-order valence-corrected chi connectivity index (χ4v) is 1.30. The van der Waals surface area contributed by atoms with Crippen molar-refractivity contribution in [1.29, 1.82) is 0 Å². The van der Waals surface area contributed by atoms with Gasteiger partial charge in [0.1, 0.15) is 0 Å². The van der Waals surface area contributed by atoms with E-state index in [4.69, 9.17) is 9.47 Å². The Labute approximate surface area is 85.0 Å². The third-order valence-corrected chi connectivity index (χ3v) is 1.91. The Balaban J connectivity index is 2.88. The lowest BCUT2D eigenvalue weighted by molar-refractivity contribution is 0.310. The van der Waals surface area contributed by atoms with Crippen molar-refractivity contribution in [3.63, 3.8) is 0 Å². The third-order valence-electron chi connectivity index (χ3n) is 1.91. The largest absolute Gasteiger partial charge is 0.493 e. The molecule has 0 heterocycles. The fourth-order valence-electron chi connectivity index (χ4n) is 1.30. The summed E-state index contributed by atoms with van der Waals surface area (Å²) < 4.78 is 10.6. The molecule has 0 saturated carbocycles. The summed E-state index contributed by atoms with van der Waals surface area (Å²) in [6.07, 6.45) is 0. The molecule has 0 amide bonds. The molecule has 0 radical (unpaired) electrons. The van der Waals surface area contributed by atoms with Crippen LogP contribution in [-0.2, 0) is 6.54 Å². The first-order chi connectivity index (χ1) is 6.81. The Morgan fingerprint density at radius 2 is 2.07 bits per heavy atom. The molecule has 1 aromatic carbocycles. The van der Waals surface area contributed by atoms with Crippen LogP contribution < -0.4 is 14.8 Å². The van der Waals surface area contributed by atoms with Crippen molar-refractivity contribution in [1.82, 2.24) is 5.32 Å². The number of nitrogens with one attached hydrogen (secondary N) is 1. The molecule has 0 saturated heterocycles. The molecule has 0 aliphatic heterocycles. The molecule has 1 aromatic rings. The van der Waals surface area contributed by atoms with E-state index >= 15 is 0 Å². The Bertz CT molecular complexity index is 287.